The Morgan fingerprint density at radius 1 is 1.37 bits per heavy atom. The first kappa shape index (κ1) is 11.7. The Bertz CT molecular complexity index is 610. The maximum Gasteiger partial charge on any atom is 0.330 e. The predicted molar refractivity (Wildman–Crippen MR) is 71.1 cm³/mol. The highest BCUT2D eigenvalue weighted by molar-refractivity contribution is 5.56. The SMILES string of the molecule is Cn1cc([N+](=O)[O-])c(NC2Cc3ccccc3C2)n1. The molecule has 0 fully saturated rings. The summed E-state index contributed by atoms with van der Waals surface area (Å²) in [4.78, 5) is 10.5. The van der Waals surface area contributed by atoms with E-state index in [1.807, 2.05) is 12.1 Å². The van der Waals surface area contributed by atoms with Crippen molar-refractivity contribution in [2.24, 2.45) is 7.05 Å². The molecule has 0 saturated heterocycles. The molecule has 19 heavy (non-hydrogen) atoms. The van der Waals surface area contributed by atoms with Crippen LogP contribution < -0.4 is 5.32 Å². The van der Waals surface area contributed by atoms with Crippen LogP contribution in [0.25, 0.3) is 0 Å². The molecule has 0 radical (unpaired) electrons. The number of aryl methyl sites for hydroxylation is 1. The van der Waals surface area contributed by atoms with Gasteiger partial charge in [0.25, 0.3) is 0 Å². The fourth-order valence-electron chi connectivity index (χ4n) is 2.57. The van der Waals surface area contributed by atoms with Crippen LogP contribution in [-0.2, 0) is 19.9 Å². The van der Waals surface area contributed by atoms with Gasteiger partial charge < -0.3 is 5.32 Å². The lowest BCUT2D eigenvalue weighted by Crippen LogP contribution is -2.20. The fourth-order valence-corrected chi connectivity index (χ4v) is 2.57. The van der Waals surface area contributed by atoms with Gasteiger partial charge >= 0.3 is 5.69 Å². The third-order valence-corrected chi connectivity index (χ3v) is 3.40. The Balaban J connectivity index is 1.79. The number of benzene rings is 1. The monoisotopic (exact) mass is 258 g/mol. The van der Waals surface area contributed by atoms with Crippen molar-refractivity contribution in [3.05, 3.63) is 51.7 Å². The minimum Gasteiger partial charge on any atom is -0.359 e. The summed E-state index contributed by atoms with van der Waals surface area (Å²) in [5.74, 6) is 0.352. The molecular formula is C13H14N4O2. The second kappa shape index (κ2) is 4.38. The van der Waals surface area contributed by atoms with Crippen LogP contribution in [0.4, 0.5) is 11.5 Å². The number of hydrogen-bond acceptors (Lipinski definition) is 4. The van der Waals surface area contributed by atoms with E-state index in [9.17, 15) is 10.1 Å². The van der Waals surface area contributed by atoms with Crippen molar-refractivity contribution in [1.82, 2.24) is 9.78 Å². The summed E-state index contributed by atoms with van der Waals surface area (Å²) in [6, 6.07) is 8.41. The van der Waals surface area contributed by atoms with Gasteiger partial charge in [-0.05, 0) is 24.0 Å². The molecule has 1 aliphatic carbocycles. The molecule has 2 aromatic rings. The van der Waals surface area contributed by atoms with E-state index in [2.05, 4.69) is 22.5 Å². The van der Waals surface area contributed by atoms with Crippen molar-refractivity contribution >= 4 is 11.5 Å². The van der Waals surface area contributed by atoms with Gasteiger partial charge in [-0.3, -0.25) is 14.8 Å². The molecule has 1 heterocycles. The number of hydrogen-bond donors (Lipinski definition) is 1. The van der Waals surface area contributed by atoms with Gasteiger partial charge in [-0.2, -0.15) is 0 Å². The fraction of sp³-hybridized carbons (Fsp3) is 0.308. The van der Waals surface area contributed by atoms with Crippen LogP contribution in [-0.4, -0.2) is 20.7 Å². The van der Waals surface area contributed by atoms with Crippen molar-refractivity contribution in [3.8, 4) is 0 Å². The summed E-state index contributed by atoms with van der Waals surface area (Å²) in [7, 11) is 1.68. The molecule has 0 atom stereocenters. The van der Waals surface area contributed by atoms with Crippen molar-refractivity contribution < 1.29 is 4.92 Å². The largest absolute Gasteiger partial charge is 0.359 e. The third kappa shape index (κ3) is 2.16. The van der Waals surface area contributed by atoms with Gasteiger partial charge in [0, 0.05) is 13.1 Å². The first-order chi connectivity index (χ1) is 9.13. The van der Waals surface area contributed by atoms with Crippen LogP contribution in [0.1, 0.15) is 11.1 Å². The summed E-state index contributed by atoms with van der Waals surface area (Å²) >= 11 is 0. The minimum absolute atomic E-state index is 0.0263. The molecule has 1 N–H and O–H groups in total. The summed E-state index contributed by atoms with van der Waals surface area (Å²) in [5.41, 5.74) is 2.63. The standard InChI is InChI=1S/C13H14N4O2/c1-16-8-12(17(18)19)13(15-16)14-11-6-9-4-2-3-5-10(9)7-11/h2-5,8,11H,6-7H2,1H3,(H,14,15). The maximum absolute atomic E-state index is 10.9. The highest BCUT2D eigenvalue weighted by Gasteiger charge is 2.25. The first-order valence-corrected chi connectivity index (χ1v) is 6.15. The molecule has 1 aromatic carbocycles. The van der Waals surface area contributed by atoms with Crippen LogP contribution in [0.3, 0.4) is 0 Å². The lowest BCUT2D eigenvalue weighted by molar-refractivity contribution is -0.384. The average Bonchev–Trinajstić information content (AvgIpc) is 2.92. The Hall–Kier alpha value is -2.37. The smallest absolute Gasteiger partial charge is 0.330 e. The van der Waals surface area contributed by atoms with E-state index in [4.69, 9.17) is 0 Å². The number of rotatable bonds is 3. The Labute approximate surface area is 110 Å². The molecule has 3 rings (SSSR count). The maximum atomic E-state index is 10.9. The molecule has 98 valence electrons. The highest BCUT2D eigenvalue weighted by atomic mass is 16.6. The number of anilines is 1. The molecule has 0 spiro atoms. The van der Waals surface area contributed by atoms with Gasteiger partial charge in [-0.15, -0.1) is 5.10 Å². The lowest BCUT2D eigenvalue weighted by atomic mass is 10.1. The molecule has 1 aliphatic rings. The molecule has 6 nitrogen and oxygen atoms in total. The zero-order valence-electron chi connectivity index (χ0n) is 10.5. The van der Waals surface area contributed by atoms with E-state index in [0.29, 0.717) is 5.82 Å². The number of nitrogens with zero attached hydrogens (tertiary/aromatic N) is 3. The van der Waals surface area contributed by atoms with Gasteiger partial charge in [0.2, 0.25) is 5.82 Å². The van der Waals surface area contributed by atoms with Crippen molar-refractivity contribution in [2.45, 2.75) is 18.9 Å². The molecule has 1 aromatic heterocycles. The quantitative estimate of drug-likeness (QED) is 0.674. The first-order valence-electron chi connectivity index (χ1n) is 6.15. The zero-order valence-corrected chi connectivity index (χ0v) is 10.5. The van der Waals surface area contributed by atoms with E-state index < -0.39 is 4.92 Å². The van der Waals surface area contributed by atoms with Crippen molar-refractivity contribution in [3.63, 3.8) is 0 Å². The summed E-state index contributed by atoms with van der Waals surface area (Å²) in [6.45, 7) is 0. The van der Waals surface area contributed by atoms with Crippen molar-refractivity contribution in [2.75, 3.05) is 5.32 Å². The zero-order chi connectivity index (χ0) is 13.4. The van der Waals surface area contributed by atoms with Gasteiger partial charge in [-0.25, -0.2) is 0 Å². The topological polar surface area (TPSA) is 73.0 Å². The van der Waals surface area contributed by atoms with Crippen LogP contribution in [0.5, 0.6) is 0 Å². The van der Waals surface area contributed by atoms with Crippen LogP contribution in [0.2, 0.25) is 0 Å². The van der Waals surface area contributed by atoms with Gasteiger partial charge in [-0.1, -0.05) is 24.3 Å². The van der Waals surface area contributed by atoms with E-state index in [-0.39, 0.29) is 11.7 Å². The third-order valence-electron chi connectivity index (χ3n) is 3.40. The van der Waals surface area contributed by atoms with Gasteiger partial charge in [0.05, 0.1) is 4.92 Å². The molecule has 6 heteroatoms. The second-order valence-corrected chi connectivity index (χ2v) is 4.81. The molecule has 0 saturated carbocycles. The Morgan fingerprint density at radius 3 is 2.58 bits per heavy atom. The van der Waals surface area contributed by atoms with Crippen LogP contribution in [0, 0.1) is 10.1 Å². The van der Waals surface area contributed by atoms with E-state index in [1.165, 1.54) is 22.0 Å². The Morgan fingerprint density at radius 2 is 2.00 bits per heavy atom. The summed E-state index contributed by atoms with van der Waals surface area (Å²) in [5, 5.41) is 18.2. The summed E-state index contributed by atoms with van der Waals surface area (Å²) in [6.07, 6.45) is 3.18. The predicted octanol–water partition coefficient (Wildman–Crippen LogP) is 1.91. The molecule has 0 amide bonds. The average molecular weight is 258 g/mol. The van der Waals surface area contributed by atoms with Crippen molar-refractivity contribution in [1.29, 1.82) is 0 Å². The number of fused-ring (bicyclic) bond motifs is 1. The molecule has 0 bridgehead atoms. The van der Waals surface area contributed by atoms with Crippen LogP contribution in [0.15, 0.2) is 30.5 Å². The number of aromatic nitrogens is 2. The normalized spacial score (nSPS) is 14.4. The number of nitrogens with one attached hydrogen (secondary N) is 1. The molecular weight excluding hydrogens is 244 g/mol. The molecule has 0 aliphatic heterocycles. The van der Waals surface area contributed by atoms with Gasteiger partial charge in [0.1, 0.15) is 6.20 Å². The van der Waals surface area contributed by atoms with E-state index in [0.717, 1.165) is 12.8 Å². The molecule has 0 unspecified atom stereocenters. The van der Waals surface area contributed by atoms with Gasteiger partial charge in [0.15, 0.2) is 0 Å². The number of nitro groups is 1. The van der Waals surface area contributed by atoms with Crippen LogP contribution >= 0.6 is 0 Å². The van der Waals surface area contributed by atoms with E-state index in [1.54, 1.807) is 7.05 Å². The minimum atomic E-state index is -0.405. The van der Waals surface area contributed by atoms with E-state index >= 15 is 0 Å². The second-order valence-electron chi connectivity index (χ2n) is 4.81. The highest BCUT2D eigenvalue weighted by Crippen LogP contribution is 2.27. The lowest BCUT2D eigenvalue weighted by Gasteiger charge is -2.10. The summed E-state index contributed by atoms with van der Waals surface area (Å²) < 4.78 is 1.46. The Kier molecular flexibility index (Phi) is 2.70.